The van der Waals surface area contributed by atoms with E-state index in [0.717, 1.165) is 18.2 Å². The Balaban J connectivity index is 2.18. The average Bonchev–Trinajstić information content (AvgIpc) is 2.43. The number of aryl methyl sites for hydroxylation is 1. The van der Waals surface area contributed by atoms with Crippen molar-refractivity contribution in [2.45, 2.75) is 44.9 Å². The molecule has 2 rings (SSSR count). The van der Waals surface area contributed by atoms with Gasteiger partial charge in [0.1, 0.15) is 11.4 Å². The molecule has 1 unspecified atom stereocenters. The third-order valence-electron chi connectivity index (χ3n) is 4.21. The molecule has 23 heavy (non-hydrogen) atoms. The smallest absolute Gasteiger partial charge is 0.416 e. The quantitative estimate of drug-likeness (QED) is 0.832. The summed E-state index contributed by atoms with van der Waals surface area (Å²) in [6.45, 7) is 3.72. The molecular formula is C17H19F3O3. The predicted molar refractivity (Wildman–Crippen MR) is 78.8 cm³/mol. The number of rotatable bonds is 4. The van der Waals surface area contributed by atoms with Crippen molar-refractivity contribution in [3.63, 3.8) is 0 Å². The highest BCUT2D eigenvalue weighted by Crippen LogP contribution is 2.37. The number of esters is 1. The fourth-order valence-electron chi connectivity index (χ4n) is 2.77. The van der Waals surface area contributed by atoms with Crippen LogP contribution < -0.4 is 0 Å². The molecule has 1 atom stereocenters. The Morgan fingerprint density at radius 2 is 2.04 bits per heavy atom. The van der Waals surface area contributed by atoms with Crippen molar-refractivity contribution in [2.75, 3.05) is 0 Å². The Kier molecular flexibility index (Phi) is 4.73. The minimum atomic E-state index is -4.38. The molecule has 3 nitrogen and oxygen atoms in total. The number of ether oxygens (including phenoxy) is 1. The van der Waals surface area contributed by atoms with Gasteiger partial charge in [-0.15, -0.1) is 0 Å². The SMILES string of the molecule is CC(C)C1(CCc2cccc(C(F)(F)F)c2)CC(O)=CC(=O)O1. The molecule has 0 spiro atoms. The monoisotopic (exact) mass is 328 g/mol. The van der Waals surface area contributed by atoms with Crippen LogP contribution in [-0.2, 0) is 22.1 Å². The van der Waals surface area contributed by atoms with E-state index in [0.29, 0.717) is 18.4 Å². The van der Waals surface area contributed by atoms with Gasteiger partial charge in [0, 0.05) is 6.42 Å². The largest absolute Gasteiger partial charge is 0.512 e. The minimum Gasteiger partial charge on any atom is -0.512 e. The lowest BCUT2D eigenvalue weighted by Gasteiger charge is -2.39. The number of hydrogen-bond acceptors (Lipinski definition) is 3. The van der Waals surface area contributed by atoms with Gasteiger partial charge in [-0.3, -0.25) is 0 Å². The van der Waals surface area contributed by atoms with Crippen molar-refractivity contribution < 1.29 is 27.8 Å². The Bertz CT molecular complexity index is 620. The van der Waals surface area contributed by atoms with E-state index in [9.17, 15) is 23.1 Å². The maximum absolute atomic E-state index is 12.8. The van der Waals surface area contributed by atoms with Gasteiger partial charge in [-0.2, -0.15) is 13.2 Å². The van der Waals surface area contributed by atoms with Crippen molar-refractivity contribution in [2.24, 2.45) is 5.92 Å². The normalized spacial score (nSPS) is 22.0. The molecule has 0 aliphatic carbocycles. The van der Waals surface area contributed by atoms with Gasteiger partial charge in [0.15, 0.2) is 0 Å². The lowest BCUT2D eigenvalue weighted by Crippen LogP contribution is -2.43. The number of carbonyl (C=O) groups excluding carboxylic acids is 1. The van der Waals surface area contributed by atoms with E-state index in [1.807, 2.05) is 13.8 Å². The summed E-state index contributed by atoms with van der Waals surface area (Å²) in [5.74, 6) is -0.751. The van der Waals surface area contributed by atoms with Crippen molar-refractivity contribution >= 4 is 5.97 Å². The summed E-state index contributed by atoms with van der Waals surface area (Å²) < 4.78 is 43.7. The molecule has 1 aromatic carbocycles. The first-order valence-corrected chi connectivity index (χ1v) is 7.41. The average molecular weight is 328 g/mol. The Morgan fingerprint density at radius 3 is 2.61 bits per heavy atom. The third-order valence-corrected chi connectivity index (χ3v) is 4.21. The highest BCUT2D eigenvalue weighted by Gasteiger charge is 2.41. The molecule has 0 bridgehead atoms. The van der Waals surface area contributed by atoms with Crippen LogP contribution in [0, 0.1) is 5.92 Å². The summed E-state index contributed by atoms with van der Waals surface area (Å²) in [5, 5.41) is 9.72. The van der Waals surface area contributed by atoms with Gasteiger partial charge in [0.05, 0.1) is 11.6 Å². The number of carbonyl (C=O) groups is 1. The van der Waals surface area contributed by atoms with E-state index in [4.69, 9.17) is 4.74 Å². The van der Waals surface area contributed by atoms with Gasteiger partial charge in [-0.05, 0) is 30.4 Å². The van der Waals surface area contributed by atoms with E-state index >= 15 is 0 Å². The van der Waals surface area contributed by atoms with Crippen LogP contribution in [0.15, 0.2) is 36.1 Å². The molecule has 1 aliphatic heterocycles. The highest BCUT2D eigenvalue weighted by atomic mass is 19.4. The van der Waals surface area contributed by atoms with Crippen LogP contribution in [-0.4, -0.2) is 16.7 Å². The maximum atomic E-state index is 12.8. The molecule has 0 saturated carbocycles. The molecule has 0 amide bonds. The maximum Gasteiger partial charge on any atom is 0.416 e. The Morgan fingerprint density at radius 1 is 1.35 bits per heavy atom. The Labute approximate surface area is 132 Å². The van der Waals surface area contributed by atoms with E-state index in [1.165, 1.54) is 6.07 Å². The summed E-state index contributed by atoms with van der Waals surface area (Å²) in [5.41, 5.74) is -1.08. The van der Waals surface area contributed by atoms with Gasteiger partial charge in [-0.25, -0.2) is 4.79 Å². The van der Waals surface area contributed by atoms with Gasteiger partial charge in [-0.1, -0.05) is 32.0 Å². The van der Waals surface area contributed by atoms with Crippen LogP contribution in [0.3, 0.4) is 0 Å². The van der Waals surface area contributed by atoms with Gasteiger partial charge >= 0.3 is 12.1 Å². The van der Waals surface area contributed by atoms with Crippen LogP contribution in [0.5, 0.6) is 0 Å². The van der Waals surface area contributed by atoms with Crippen LogP contribution >= 0.6 is 0 Å². The summed E-state index contributed by atoms with van der Waals surface area (Å²) in [4.78, 5) is 11.6. The molecule has 0 radical (unpaired) electrons. The first kappa shape index (κ1) is 17.4. The van der Waals surface area contributed by atoms with E-state index in [2.05, 4.69) is 0 Å². The van der Waals surface area contributed by atoms with Crippen LogP contribution in [0.25, 0.3) is 0 Å². The topological polar surface area (TPSA) is 46.5 Å². The van der Waals surface area contributed by atoms with Gasteiger partial charge in [0.2, 0.25) is 0 Å². The fraction of sp³-hybridized carbons (Fsp3) is 0.471. The number of hydrogen-bond donors (Lipinski definition) is 1. The number of halogens is 3. The molecule has 0 aromatic heterocycles. The van der Waals surface area contributed by atoms with Crippen molar-refractivity contribution in [3.05, 3.63) is 47.2 Å². The van der Waals surface area contributed by atoms with Crippen molar-refractivity contribution in [1.82, 2.24) is 0 Å². The number of benzene rings is 1. The number of aliphatic hydroxyl groups excluding tert-OH is 1. The third kappa shape index (κ3) is 4.06. The zero-order chi connectivity index (χ0) is 17.3. The number of cyclic esters (lactones) is 1. The molecule has 0 fully saturated rings. The van der Waals surface area contributed by atoms with E-state index in [1.54, 1.807) is 6.07 Å². The van der Waals surface area contributed by atoms with Crippen molar-refractivity contribution in [1.29, 1.82) is 0 Å². The first-order valence-electron chi connectivity index (χ1n) is 7.41. The second kappa shape index (κ2) is 6.26. The zero-order valence-corrected chi connectivity index (χ0v) is 13.0. The molecule has 1 heterocycles. The summed E-state index contributed by atoms with van der Waals surface area (Å²) in [6.07, 6.45) is -2.51. The molecule has 1 aromatic rings. The first-order chi connectivity index (χ1) is 10.6. The van der Waals surface area contributed by atoms with Gasteiger partial charge in [0.25, 0.3) is 0 Å². The van der Waals surface area contributed by atoms with Crippen LogP contribution in [0.4, 0.5) is 13.2 Å². The summed E-state index contributed by atoms with van der Waals surface area (Å²) in [7, 11) is 0. The second-order valence-corrected chi connectivity index (χ2v) is 6.15. The standard InChI is InChI=1S/C17H19F3O3/c1-11(2)16(10-14(21)9-15(22)23-16)7-6-12-4-3-5-13(8-12)17(18,19)20/h3-5,8-9,11,21H,6-7,10H2,1-2H3. The van der Waals surface area contributed by atoms with Gasteiger partial charge < -0.3 is 9.84 Å². The molecule has 1 N–H and O–H groups in total. The van der Waals surface area contributed by atoms with Crippen LogP contribution in [0.2, 0.25) is 0 Å². The Hall–Kier alpha value is -1.98. The molecule has 0 saturated heterocycles. The number of alkyl halides is 3. The summed E-state index contributed by atoms with van der Waals surface area (Å²) in [6, 6.07) is 5.11. The molecule has 6 heteroatoms. The fourth-order valence-corrected chi connectivity index (χ4v) is 2.77. The van der Waals surface area contributed by atoms with Crippen LogP contribution in [0.1, 0.15) is 37.8 Å². The van der Waals surface area contributed by atoms with E-state index in [-0.39, 0.29) is 18.1 Å². The zero-order valence-electron chi connectivity index (χ0n) is 13.0. The predicted octanol–water partition coefficient (Wildman–Crippen LogP) is 4.42. The molecule has 1 aliphatic rings. The number of aliphatic hydroxyl groups is 1. The lowest BCUT2D eigenvalue weighted by molar-refractivity contribution is -0.163. The highest BCUT2D eigenvalue weighted by molar-refractivity contribution is 5.83. The second-order valence-electron chi connectivity index (χ2n) is 6.15. The minimum absolute atomic E-state index is 0.0565. The molecule has 126 valence electrons. The lowest BCUT2D eigenvalue weighted by atomic mass is 9.80. The summed E-state index contributed by atoms with van der Waals surface area (Å²) >= 11 is 0. The molecular weight excluding hydrogens is 309 g/mol. The van der Waals surface area contributed by atoms with E-state index < -0.39 is 23.3 Å². The van der Waals surface area contributed by atoms with Crippen molar-refractivity contribution in [3.8, 4) is 0 Å².